The second kappa shape index (κ2) is 11.6. The fourth-order valence-electron chi connectivity index (χ4n) is 2.23. The van der Waals surface area contributed by atoms with Crippen LogP contribution in [0.3, 0.4) is 0 Å². The Morgan fingerprint density at radius 3 is 2.05 bits per heavy atom. The average Bonchev–Trinajstić information content (AvgIpc) is 2.45. The number of hydrogen-bond donors (Lipinski definition) is 1. The van der Waals surface area contributed by atoms with Crippen LogP contribution < -0.4 is 5.32 Å². The summed E-state index contributed by atoms with van der Waals surface area (Å²) in [7, 11) is 0. The highest BCUT2D eigenvalue weighted by atomic mass is 16.5. The summed E-state index contributed by atoms with van der Waals surface area (Å²) in [6.07, 6.45) is 0. The summed E-state index contributed by atoms with van der Waals surface area (Å²) in [6.45, 7) is 16.2. The SMILES string of the molecule is CCOCCN(CCOCC)CCN1CCNCC1. The van der Waals surface area contributed by atoms with Gasteiger partial charge < -0.3 is 14.8 Å². The Hall–Kier alpha value is -0.200. The van der Waals surface area contributed by atoms with E-state index < -0.39 is 0 Å². The van der Waals surface area contributed by atoms with Gasteiger partial charge in [-0.25, -0.2) is 0 Å². The Bertz CT molecular complexity index is 189. The lowest BCUT2D eigenvalue weighted by Crippen LogP contribution is -2.47. The molecule has 0 spiro atoms. The first-order valence-electron chi connectivity index (χ1n) is 7.67. The predicted octanol–water partition coefficient (Wildman–Crippen LogP) is 0.267. The molecule has 0 aromatic heterocycles. The summed E-state index contributed by atoms with van der Waals surface area (Å²) in [4.78, 5) is 4.98. The third-order valence-corrected chi connectivity index (χ3v) is 3.45. The van der Waals surface area contributed by atoms with E-state index in [-0.39, 0.29) is 0 Å². The van der Waals surface area contributed by atoms with Crippen LogP contribution in [0.15, 0.2) is 0 Å². The highest BCUT2D eigenvalue weighted by Gasteiger charge is 2.11. The minimum Gasteiger partial charge on any atom is -0.380 e. The van der Waals surface area contributed by atoms with Crippen molar-refractivity contribution in [3.63, 3.8) is 0 Å². The van der Waals surface area contributed by atoms with E-state index in [2.05, 4.69) is 15.1 Å². The van der Waals surface area contributed by atoms with Gasteiger partial charge in [0.25, 0.3) is 0 Å². The maximum absolute atomic E-state index is 5.46. The van der Waals surface area contributed by atoms with E-state index in [0.717, 1.165) is 65.7 Å². The van der Waals surface area contributed by atoms with Gasteiger partial charge in [0, 0.05) is 65.6 Å². The topological polar surface area (TPSA) is 37.0 Å². The van der Waals surface area contributed by atoms with Crippen molar-refractivity contribution in [3.8, 4) is 0 Å². The minimum atomic E-state index is 0.803. The van der Waals surface area contributed by atoms with E-state index in [1.54, 1.807) is 0 Å². The average molecular weight is 273 g/mol. The van der Waals surface area contributed by atoms with Crippen LogP contribution in [0, 0.1) is 0 Å². The second-order valence-corrected chi connectivity index (χ2v) is 4.83. The first-order chi connectivity index (χ1) is 9.36. The summed E-state index contributed by atoms with van der Waals surface area (Å²) in [5, 5.41) is 3.39. The third kappa shape index (κ3) is 8.55. The maximum atomic E-state index is 5.46. The van der Waals surface area contributed by atoms with Gasteiger partial charge in [-0.15, -0.1) is 0 Å². The van der Waals surface area contributed by atoms with E-state index in [9.17, 15) is 0 Å². The summed E-state index contributed by atoms with van der Waals surface area (Å²) >= 11 is 0. The molecule has 0 atom stereocenters. The molecule has 0 saturated carbocycles. The van der Waals surface area contributed by atoms with Crippen molar-refractivity contribution in [2.75, 3.05) is 78.8 Å². The molecule has 1 aliphatic rings. The zero-order chi connectivity index (χ0) is 13.8. The molecular formula is C14H31N3O2. The van der Waals surface area contributed by atoms with Gasteiger partial charge in [0.15, 0.2) is 0 Å². The third-order valence-electron chi connectivity index (χ3n) is 3.45. The van der Waals surface area contributed by atoms with E-state index >= 15 is 0 Å². The number of nitrogens with one attached hydrogen (secondary N) is 1. The molecule has 19 heavy (non-hydrogen) atoms. The Labute approximate surface area is 118 Å². The Morgan fingerprint density at radius 1 is 0.947 bits per heavy atom. The highest BCUT2D eigenvalue weighted by Crippen LogP contribution is 1.96. The predicted molar refractivity (Wildman–Crippen MR) is 78.7 cm³/mol. The number of nitrogens with zero attached hydrogens (tertiary/aromatic N) is 2. The van der Waals surface area contributed by atoms with Gasteiger partial charge in [-0.1, -0.05) is 0 Å². The Morgan fingerprint density at radius 2 is 1.53 bits per heavy atom. The molecule has 0 unspecified atom stereocenters. The highest BCUT2D eigenvalue weighted by molar-refractivity contribution is 4.69. The lowest BCUT2D eigenvalue weighted by Gasteiger charge is -2.30. The first-order valence-corrected chi connectivity index (χ1v) is 7.67. The molecule has 5 heteroatoms. The minimum absolute atomic E-state index is 0.803. The molecule has 0 aliphatic carbocycles. The second-order valence-electron chi connectivity index (χ2n) is 4.83. The Kier molecular flexibility index (Phi) is 10.3. The van der Waals surface area contributed by atoms with Crippen molar-refractivity contribution in [3.05, 3.63) is 0 Å². The molecule has 0 aromatic carbocycles. The van der Waals surface area contributed by atoms with Gasteiger partial charge in [-0.05, 0) is 13.8 Å². The van der Waals surface area contributed by atoms with Crippen LogP contribution in [0.25, 0.3) is 0 Å². The molecule has 5 nitrogen and oxygen atoms in total. The summed E-state index contributed by atoms with van der Waals surface area (Å²) in [5.41, 5.74) is 0. The Balaban J connectivity index is 2.17. The van der Waals surface area contributed by atoms with Crippen LogP contribution in [0.4, 0.5) is 0 Å². The molecular weight excluding hydrogens is 242 g/mol. The molecule has 114 valence electrons. The van der Waals surface area contributed by atoms with E-state index in [1.807, 2.05) is 13.8 Å². The fourth-order valence-corrected chi connectivity index (χ4v) is 2.23. The number of piperazine rings is 1. The quantitative estimate of drug-likeness (QED) is 0.547. The number of ether oxygens (including phenoxy) is 2. The lowest BCUT2D eigenvalue weighted by molar-refractivity contribution is 0.0764. The fraction of sp³-hybridized carbons (Fsp3) is 1.00. The van der Waals surface area contributed by atoms with Crippen molar-refractivity contribution >= 4 is 0 Å². The first kappa shape index (κ1) is 16.9. The van der Waals surface area contributed by atoms with Gasteiger partial charge in [0.2, 0.25) is 0 Å². The van der Waals surface area contributed by atoms with E-state index in [1.165, 1.54) is 13.1 Å². The molecule has 0 amide bonds. The van der Waals surface area contributed by atoms with Gasteiger partial charge in [-0.2, -0.15) is 0 Å². The van der Waals surface area contributed by atoms with Crippen LogP contribution >= 0.6 is 0 Å². The zero-order valence-electron chi connectivity index (χ0n) is 12.7. The van der Waals surface area contributed by atoms with E-state index in [4.69, 9.17) is 9.47 Å². The lowest BCUT2D eigenvalue weighted by atomic mass is 10.3. The van der Waals surface area contributed by atoms with E-state index in [0.29, 0.717) is 0 Å². The number of hydrogen-bond acceptors (Lipinski definition) is 5. The molecule has 1 fully saturated rings. The normalized spacial score (nSPS) is 17.2. The van der Waals surface area contributed by atoms with Crippen LogP contribution in [0.5, 0.6) is 0 Å². The summed E-state index contributed by atoms with van der Waals surface area (Å²) in [6, 6.07) is 0. The summed E-state index contributed by atoms with van der Waals surface area (Å²) in [5.74, 6) is 0. The van der Waals surface area contributed by atoms with Crippen molar-refractivity contribution in [2.24, 2.45) is 0 Å². The van der Waals surface area contributed by atoms with Gasteiger partial charge in [-0.3, -0.25) is 9.80 Å². The van der Waals surface area contributed by atoms with Gasteiger partial charge in [0.1, 0.15) is 0 Å². The van der Waals surface area contributed by atoms with Crippen molar-refractivity contribution < 1.29 is 9.47 Å². The molecule has 0 radical (unpaired) electrons. The van der Waals surface area contributed by atoms with Crippen LogP contribution in [-0.2, 0) is 9.47 Å². The molecule has 1 heterocycles. The van der Waals surface area contributed by atoms with Gasteiger partial charge >= 0.3 is 0 Å². The molecule has 1 aliphatic heterocycles. The zero-order valence-corrected chi connectivity index (χ0v) is 12.7. The molecule has 1 N–H and O–H groups in total. The molecule has 1 rings (SSSR count). The molecule has 1 saturated heterocycles. The number of rotatable bonds is 11. The van der Waals surface area contributed by atoms with Gasteiger partial charge in [0.05, 0.1) is 13.2 Å². The van der Waals surface area contributed by atoms with Crippen LogP contribution in [-0.4, -0.2) is 88.6 Å². The molecule has 0 aromatic rings. The largest absolute Gasteiger partial charge is 0.380 e. The summed E-state index contributed by atoms with van der Waals surface area (Å²) < 4.78 is 10.9. The standard InChI is InChI=1S/C14H31N3O2/c1-3-18-13-11-17(12-14-19-4-2)10-9-16-7-5-15-6-8-16/h15H,3-14H2,1-2H3. The molecule has 0 bridgehead atoms. The van der Waals surface area contributed by atoms with Crippen LogP contribution in [0.1, 0.15) is 13.8 Å². The smallest absolute Gasteiger partial charge is 0.0593 e. The van der Waals surface area contributed by atoms with Crippen molar-refractivity contribution in [1.29, 1.82) is 0 Å². The van der Waals surface area contributed by atoms with Crippen molar-refractivity contribution in [2.45, 2.75) is 13.8 Å². The van der Waals surface area contributed by atoms with Crippen molar-refractivity contribution in [1.82, 2.24) is 15.1 Å². The monoisotopic (exact) mass is 273 g/mol. The van der Waals surface area contributed by atoms with Crippen LogP contribution in [0.2, 0.25) is 0 Å². The maximum Gasteiger partial charge on any atom is 0.0593 e.